The van der Waals surface area contributed by atoms with Crippen molar-refractivity contribution in [2.24, 2.45) is 0 Å². The number of nitrogens with one attached hydrogen (secondary N) is 1. The molecular formula is C15H21N7O8S3. The van der Waals surface area contributed by atoms with Gasteiger partial charge in [-0.25, -0.2) is 8.42 Å². The summed E-state index contributed by atoms with van der Waals surface area (Å²) in [6.07, 6.45) is 0. The van der Waals surface area contributed by atoms with E-state index in [1.807, 2.05) is 0 Å². The minimum atomic E-state index is -4.80. The quantitative estimate of drug-likeness (QED) is 0.229. The topological polar surface area (TPSA) is 226 Å². The third-order valence-corrected chi connectivity index (χ3v) is 7.57. The van der Waals surface area contributed by atoms with E-state index in [1.165, 1.54) is 4.31 Å². The molecule has 33 heavy (non-hydrogen) atoms. The van der Waals surface area contributed by atoms with Crippen LogP contribution >= 0.6 is 0 Å². The monoisotopic (exact) mass is 523 g/mol. The smallest absolute Gasteiger partial charge is 0.296 e. The van der Waals surface area contributed by atoms with Crippen molar-refractivity contribution >= 4 is 54.7 Å². The van der Waals surface area contributed by atoms with Gasteiger partial charge < -0.3 is 16.0 Å². The van der Waals surface area contributed by atoms with Gasteiger partial charge in [-0.1, -0.05) is 0 Å². The maximum Gasteiger partial charge on any atom is 0.296 e. The summed E-state index contributed by atoms with van der Waals surface area (Å²) in [5.74, 6) is -0.490. The van der Waals surface area contributed by atoms with Gasteiger partial charge in [-0.3, -0.25) is 9.11 Å². The van der Waals surface area contributed by atoms with E-state index < -0.39 is 52.6 Å². The van der Waals surface area contributed by atoms with Gasteiger partial charge in [0, 0.05) is 25.2 Å². The molecule has 1 aromatic heterocycles. The standard InChI is InChI=1S/C15H21N7O8S3/c1-8-7-22(31(23)24)9(2)6-21(8)15-19-13(16)18-14(20-15)17-11-5-10(32(25,26)27)3-4-12(11)33(28,29)30/h3-5,8-9,31H,6-7H2,1-2H3,(H,25,26,27)(H,28,29,30)(H3,16,17,18,19,20). The Morgan fingerprint density at radius 1 is 1.03 bits per heavy atom. The van der Waals surface area contributed by atoms with Crippen molar-refractivity contribution in [2.75, 3.05) is 29.0 Å². The molecule has 3 rings (SSSR count). The normalized spacial score (nSPS) is 20.2. The van der Waals surface area contributed by atoms with Crippen LogP contribution in [0.3, 0.4) is 0 Å². The second kappa shape index (κ2) is 8.95. The van der Waals surface area contributed by atoms with Gasteiger partial charge in [0.25, 0.3) is 20.2 Å². The molecule has 0 spiro atoms. The molecular weight excluding hydrogens is 502 g/mol. The van der Waals surface area contributed by atoms with Crippen LogP contribution < -0.4 is 16.0 Å². The summed E-state index contributed by atoms with van der Waals surface area (Å²) in [4.78, 5) is 12.4. The zero-order chi connectivity index (χ0) is 24.7. The van der Waals surface area contributed by atoms with Gasteiger partial charge in [0.1, 0.15) is 4.90 Å². The lowest BCUT2D eigenvalue weighted by Crippen LogP contribution is -2.56. The van der Waals surface area contributed by atoms with E-state index in [-0.39, 0.29) is 37.0 Å². The van der Waals surface area contributed by atoms with Gasteiger partial charge in [-0.05, 0) is 32.0 Å². The van der Waals surface area contributed by atoms with E-state index in [4.69, 9.17) is 5.73 Å². The molecule has 1 aromatic carbocycles. The summed E-state index contributed by atoms with van der Waals surface area (Å²) in [5.41, 5.74) is 5.31. The summed E-state index contributed by atoms with van der Waals surface area (Å²) >= 11 is 0. The fourth-order valence-corrected chi connectivity index (χ4v) is 5.19. The summed E-state index contributed by atoms with van der Waals surface area (Å²) in [7, 11) is -12.3. The molecule has 0 saturated carbocycles. The molecule has 1 saturated heterocycles. The van der Waals surface area contributed by atoms with E-state index in [0.29, 0.717) is 0 Å². The van der Waals surface area contributed by atoms with E-state index in [2.05, 4.69) is 20.3 Å². The van der Waals surface area contributed by atoms with E-state index in [0.717, 1.165) is 18.2 Å². The summed E-state index contributed by atoms with van der Waals surface area (Å²) < 4.78 is 89.2. The predicted octanol–water partition coefficient (Wildman–Crippen LogP) is -0.884. The first-order valence-corrected chi connectivity index (χ1v) is 13.2. The second-order valence-corrected chi connectivity index (χ2v) is 11.1. The molecule has 0 amide bonds. The van der Waals surface area contributed by atoms with Gasteiger partial charge in [0.05, 0.1) is 10.6 Å². The Hall–Kier alpha value is -2.64. The van der Waals surface area contributed by atoms with Crippen LogP contribution in [0.1, 0.15) is 13.8 Å². The Bertz CT molecular complexity index is 1360. The second-order valence-electron chi connectivity index (χ2n) is 7.26. The van der Waals surface area contributed by atoms with Crippen LogP contribution in [0.5, 0.6) is 0 Å². The number of nitrogen functional groups attached to an aromatic ring is 1. The lowest BCUT2D eigenvalue weighted by atomic mass is 10.1. The summed E-state index contributed by atoms with van der Waals surface area (Å²) in [6, 6.07) is 1.60. The molecule has 0 aliphatic carbocycles. The van der Waals surface area contributed by atoms with Gasteiger partial charge >= 0.3 is 0 Å². The lowest BCUT2D eigenvalue weighted by Gasteiger charge is -2.41. The molecule has 0 radical (unpaired) electrons. The highest BCUT2D eigenvalue weighted by Crippen LogP contribution is 2.28. The van der Waals surface area contributed by atoms with Crippen LogP contribution in [-0.4, -0.2) is 78.8 Å². The number of piperazine rings is 1. The summed E-state index contributed by atoms with van der Waals surface area (Å²) in [6.45, 7) is 3.84. The molecule has 15 nitrogen and oxygen atoms in total. The van der Waals surface area contributed by atoms with Crippen LogP contribution in [-0.2, 0) is 31.1 Å². The maximum absolute atomic E-state index is 11.7. The highest BCUT2D eigenvalue weighted by molar-refractivity contribution is 7.86. The van der Waals surface area contributed by atoms with E-state index in [1.54, 1.807) is 18.7 Å². The van der Waals surface area contributed by atoms with Crippen molar-refractivity contribution in [2.45, 2.75) is 35.7 Å². The number of nitrogens with zero attached hydrogens (tertiary/aromatic N) is 5. The van der Waals surface area contributed by atoms with Crippen LogP contribution in [0.2, 0.25) is 0 Å². The molecule has 1 fully saturated rings. The van der Waals surface area contributed by atoms with Crippen molar-refractivity contribution in [1.29, 1.82) is 0 Å². The molecule has 2 unspecified atom stereocenters. The zero-order valence-corrected chi connectivity index (χ0v) is 19.7. The average molecular weight is 524 g/mol. The molecule has 1 aliphatic rings. The molecule has 2 heterocycles. The number of hydrogen-bond acceptors (Lipinski definition) is 12. The number of benzene rings is 1. The first-order chi connectivity index (χ1) is 15.2. The van der Waals surface area contributed by atoms with Crippen molar-refractivity contribution in [1.82, 2.24) is 19.3 Å². The van der Waals surface area contributed by atoms with E-state index >= 15 is 0 Å². The van der Waals surface area contributed by atoms with Crippen molar-refractivity contribution < 1.29 is 34.4 Å². The van der Waals surface area contributed by atoms with Crippen LogP contribution in [0.25, 0.3) is 0 Å². The van der Waals surface area contributed by atoms with Crippen molar-refractivity contribution in [3.63, 3.8) is 0 Å². The molecule has 182 valence electrons. The number of hydrogen-bond donors (Lipinski definition) is 5. The third kappa shape index (κ3) is 5.65. The third-order valence-electron chi connectivity index (χ3n) is 4.83. The van der Waals surface area contributed by atoms with Crippen LogP contribution in [0, 0.1) is 0 Å². The van der Waals surface area contributed by atoms with E-state index in [9.17, 15) is 34.4 Å². The zero-order valence-electron chi connectivity index (χ0n) is 17.2. The number of nitrogens with two attached hydrogens (primary N) is 1. The van der Waals surface area contributed by atoms with Gasteiger partial charge in [0.15, 0.2) is 0 Å². The van der Waals surface area contributed by atoms with Crippen molar-refractivity contribution in [3.05, 3.63) is 18.2 Å². The molecule has 5 N–H and O–H groups in total. The Kier molecular flexibility index (Phi) is 6.78. The van der Waals surface area contributed by atoms with Crippen LogP contribution in [0.4, 0.5) is 23.5 Å². The van der Waals surface area contributed by atoms with Gasteiger partial charge in [0.2, 0.25) is 28.7 Å². The molecule has 2 aromatic rings. The number of anilines is 4. The Morgan fingerprint density at radius 3 is 2.27 bits per heavy atom. The fourth-order valence-electron chi connectivity index (χ4n) is 3.29. The Balaban J connectivity index is 2.02. The SMILES string of the molecule is CC1CN([SH](=O)=O)C(C)CN1c1nc(N)nc(Nc2cc(S(=O)(=O)O)ccc2S(=O)(=O)O)n1. The average Bonchev–Trinajstić information content (AvgIpc) is 2.67. The van der Waals surface area contributed by atoms with Gasteiger partial charge in [-0.15, -0.1) is 0 Å². The first-order valence-electron chi connectivity index (χ1n) is 9.22. The highest BCUT2D eigenvalue weighted by Gasteiger charge is 2.32. The minimum absolute atomic E-state index is 0.0597. The number of thiol groups is 1. The highest BCUT2D eigenvalue weighted by atomic mass is 32.2. The number of aromatic nitrogens is 3. The maximum atomic E-state index is 11.7. The van der Waals surface area contributed by atoms with Crippen LogP contribution in [0.15, 0.2) is 28.0 Å². The Morgan fingerprint density at radius 2 is 1.70 bits per heavy atom. The van der Waals surface area contributed by atoms with Gasteiger partial charge in [-0.2, -0.15) is 36.1 Å². The largest absolute Gasteiger partial charge is 0.368 e. The molecule has 18 heteroatoms. The lowest BCUT2D eigenvalue weighted by molar-refractivity contribution is 0.278. The van der Waals surface area contributed by atoms with Crippen molar-refractivity contribution in [3.8, 4) is 0 Å². The molecule has 0 bridgehead atoms. The summed E-state index contributed by atoms with van der Waals surface area (Å²) in [5, 5.41) is 2.47. The molecule has 2 atom stereocenters. The minimum Gasteiger partial charge on any atom is -0.368 e. The predicted molar refractivity (Wildman–Crippen MR) is 117 cm³/mol. The fraction of sp³-hybridized carbons (Fsp3) is 0.400. The number of rotatable bonds is 6. The molecule has 1 aliphatic heterocycles. The first kappa shape index (κ1) is 25.0. The Labute approximate surface area is 191 Å².